The van der Waals surface area contributed by atoms with Gasteiger partial charge in [0.05, 0.1) is 6.10 Å². The summed E-state index contributed by atoms with van der Waals surface area (Å²) in [6.45, 7) is 1.89. The maximum Gasteiger partial charge on any atom is 0.328 e. The number of anilines is 1. The van der Waals surface area contributed by atoms with E-state index in [0.717, 1.165) is 37.7 Å². The number of carbonyl (C=O) groups is 1. The first-order valence-electron chi connectivity index (χ1n) is 6.58. The van der Waals surface area contributed by atoms with Gasteiger partial charge in [-0.2, -0.15) is 0 Å². The molecule has 0 amide bonds. The number of hydrogen-bond acceptors (Lipinski definition) is 3. The maximum absolute atomic E-state index is 10.5. The van der Waals surface area contributed by atoms with Crippen molar-refractivity contribution in [2.75, 3.05) is 25.1 Å². The van der Waals surface area contributed by atoms with Crippen LogP contribution in [0, 0.1) is 0 Å². The molecule has 20 heavy (non-hydrogen) atoms. The van der Waals surface area contributed by atoms with E-state index in [4.69, 9.17) is 21.4 Å². The lowest BCUT2D eigenvalue weighted by Crippen LogP contribution is -2.36. The van der Waals surface area contributed by atoms with Crippen molar-refractivity contribution in [2.45, 2.75) is 18.9 Å². The zero-order chi connectivity index (χ0) is 14.5. The van der Waals surface area contributed by atoms with Gasteiger partial charge in [-0.15, -0.1) is 0 Å². The van der Waals surface area contributed by atoms with Gasteiger partial charge in [0.1, 0.15) is 0 Å². The molecule has 0 bridgehead atoms. The number of hydrogen-bond donors (Lipinski definition) is 1. The second-order valence-corrected chi connectivity index (χ2v) is 5.21. The van der Waals surface area contributed by atoms with E-state index in [-0.39, 0.29) is 0 Å². The first-order valence-corrected chi connectivity index (χ1v) is 6.96. The average molecular weight is 296 g/mol. The highest BCUT2D eigenvalue weighted by atomic mass is 35.5. The highest BCUT2D eigenvalue weighted by Gasteiger charge is 2.19. The predicted molar refractivity (Wildman–Crippen MR) is 80.4 cm³/mol. The van der Waals surface area contributed by atoms with Gasteiger partial charge in [0, 0.05) is 37.0 Å². The summed E-state index contributed by atoms with van der Waals surface area (Å²) in [5.74, 6) is -0.980. The van der Waals surface area contributed by atoms with Crippen LogP contribution in [-0.4, -0.2) is 37.4 Å². The Morgan fingerprint density at radius 2 is 2.15 bits per heavy atom. The van der Waals surface area contributed by atoms with Crippen molar-refractivity contribution >= 4 is 29.3 Å². The Morgan fingerprint density at radius 1 is 1.45 bits per heavy atom. The number of carboxylic acids is 1. The first kappa shape index (κ1) is 14.9. The summed E-state index contributed by atoms with van der Waals surface area (Å²) in [5.41, 5.74) is 1.78. The van der Waals surface area contributed by atoms with Crippen LogP contribution in [0.4, 0.5) is 5.69 Å². The molecule has 1 aromatic carbocycles. The number of benzene rings is 1. The van der Waals surface area contributed by atoms with Gasteiger partial charge in [0.15, 0.2) is 0 Å². The predicted octanol–water partition coefficient (Wildman–Crippen LogP) is 3.05. The monoisotopic (exact) mass is 295 g/mol. The van der Waals surface area contributed by atoms with Crippen molar-refractivity contribution < 1.29 is 14.6 Å². The molecule has 4 nitrogen and oxygen atoms in total. The minimum absolute atomic E-state index is 0.347. The summed E-state index contributed by atoms with van der Waals surface area (Å²) < 4.78 is 5.36. The van der Waals surface area contributed by atoms with Gasteiger partial charge in [-0.1, -0.05) is 17.7 Å². The molecule has 0 aliphatic carbocycles. The Bertz CT molecular complexity index is 508. The lowest BCUT2D eigenvalue weighted by Gasteiger charge is -2.33. The van der Waals surface area contributed by atoms with E-state index in [0.29, 0.717) is 16.7 Å². The Balaban J connectivity index is 2.07. The second-order valence-electron chi connectivity index (χ2n) is 4.80. The number of aliphatic carboxylic acids is 1. The fourth-order valence-corrected chi connectivity index (χ4v) is 2.60. The standard InChI is InChI=1S/C15H18ClNO3/c1-20-13-6-8-17(9-7-13)12-4-2-11(14(16)10-12)3-5-15(18)19/h2-5,10,13H,6-9H2,1H3,(H,18,19)/b5-3+. The van der Waals surface area contributed by atoms with Gasteiger partial charge in [0.2, 0.25) is 0 Å². The third-order valence-corrected chi connectivity index (χ3v) is 3.86. The smallest absolute Gasteiger partial charge is 0.328 e. The Kier molecular flexibility index (Phi) is 5.04. The van der Waals surface area contributed by atoms with Gasteiger partial charge >= 0.3 is 5.97 Å². The summed E-state index contributed by atoms with van der Waals surface area (Å²) in [6, 6.07) is 5.70. The number of rotatable bonds is 4. The van der Waals surface area contributed by atoms with Crippen LogP contribution in [0.5, 0.6) is 0 Å². The number of carboxylic acid groups (broad SMARTS) is 1. The van der Waals surface area contributed by atoms with E-state index in [1.165, 1.54) is 6.08 Å². The number of nitrogens with zero attached hydrogens (tertiary/aromatic N) is 1. The number of halogens is 1. The molecule has 1 saturated heterocycles. The molecule has 0 unspecified atom stereocenters. The fraction of sp³-hybridized carbons (Fsp3) is 0.400. The molecule has 1 aliphatic rings. The molecule has 108 valence electrons. The van der Waals surface area contributed by atoms with Gasteiger partial charge in [-0.25, -0.2) is 4.79 Å². The lowest BCUT2D eigenvalue weighted by molar-refractivity contribution is -0.131. The van der Waals surface area contributed by atoms with E-state index < -0.39 is 5.97 Å². The topological polar surface area (TPSA) is 49.8 Å². The van der Waals surface area contributed by atoms with E-state index in [9.17, 15) is 4.79 Å². The second kappa shape index (κ2) is 6.77. The molecule has 1 aromatic rings. The van der Waals surface area contributed by atoms with E-state index in [1.54, 1.807) is 7.11 Å². The van der Waals surface area contributed by atoms with E-state index in [1.807, 2.05) is 18.2 Å². The minimum Gasteiger partial charge on any atom is -0.478 e. The van der Waals surface area contributed by atoms with Crippen molar-refractivity contribution in [3.05, 3.63) is 34.9 Å². The molecule has 2 rings (SSSR count). The van der Waals surface area contributed by atoms with Crippen LogP contribution in [-0.2, 0) is 9.53 Å². The summed E-state index contributed by atoms with van der Waals surface area (Å²) in [5, 5.41) is 9.19. The van der Waals surface area contributed by atoms with Crippen LogP contribution in [0.3, 0.4) is 0 Å². The molecular formula is C15H18ClNO3. The highest BCUT2D eigenvalue weighted by molar-refractivity contribution is 6.32. The zero-order valence-electron chi connectivity index (χ0n) is 11.4. The van der Waals surface area contributed by atoms with Crippen molar-refractivity contribution in [3.8, 4) is 0 Å². The number of piperidine rings is 1. The van der Waals surface area contributed by atoms with Gasteiger partial charge in [-0.05, 0) is 36.6 Å². The molecule has 1 heterocycles. The molecule has 0 saturated carbocycles. The summed E-state index contributed by atoms with van der Waals surface area (Å²) >= 11 is 6.19. The number of ether oxygens (including phenoxy) is 1. The van der Waals surface area contributed by atoms with Crippen molar-refractivity contribution in [3.63, 3.8) is 0 Å². The van der Waals surface area contributed by atoms with E-state index >= 15 is 0 Å². The molecule has 1 N–H and O–H groups in total. The largest absolute Gasteiger partial charge is 0.478 e. The lowest BCUT2D eigenvalue weighted by atomic mass is 10.1. The average Bonchev–Trinajstić information content (AvgIpc) is 2.46. The first-order chi connectivity index (χ1) is 9.60. The summed E-state index contributed by atoms with van der Waals surface area (Å²) in [6.07, 6.45) is 4.96. The van der Waals surface area contributed by atoms with E-state index in [2.05, 4.69) is 4.90 Å². The Morgan fingerprint density at radius 3 is 2.70 bits per heavy atom. The quantitative estimate of drug-likeness (QED) is 0.868. The third-order valence-electron chi connectivity index (χ3n) is 3.53. The maximum atomic E-state index is 10.5. The highest BCUT2D eigenvalue weighted by Crippen LogP contribution is 2.27. The molecule has 0 atom stereocenters. The van der Waals surface area contributed by atoms with Crippen LogP contribution in [0.15, 0.2) is 24.3 Å². The fourth-order valence-electron chi connectivity index (χ4n) is 2.36. The molecular weight excluding hydrogens is 278 g/mol. The molecule has 1 aliphatic heterocycles. The van der Waals surface area contributed by atoms with Crippen LogP contribution in [0.2, 0.25) is 5.02 Å². The number of methoxy groups -OCH3 is 1. The molecule has 0 radical (unpaired) electrons. The van der Waals surface area contributed by atoms with Crippen LogP contribution in [0.25, 0.3) is 6.08 Å². The van der Waals surface area contributed by atoms with Crippen molar-refractivity contribution in [2.24, 2.45) is 0 Å². The SMILES string of the molecule is COC1CCN(c2ccc(/C=C/C(=O)O)c(Cl)c2)CC1. The van der Waals surface area contributed by atoms with Crippen molar-refractivity contribution in [1.29, 1.82) is 0 Å². The molecule has 5 heteroatoms. The Labute approximate surface area is 123 Å². The van der Waals surface area contributed by atoms with Crippen LogP contribution >= 0.6 is 11.6 Å². The van der Waals surface area contributed by atoms with Crippen LogP contribution in [0.1, 0.15) is 18.4 Å². The minimum atomic E-state index is -0.980. The summed E-state index contributed by atoms with van der Waals surface area (Å²) in [7, 11) is 1.75. The Hall–Kier alpha value is -1.52. The third kappa shape index (κ3) is 3.74. The van der Waals surface area contributed by atoms with Crippen LogP contribution < -0.4 is 4.90 Å². The van der Waals surface area contributed by atoms with Gasteiger partial charge < -0.3 is 14.7 Å². The zero-order valence-corrected chi connectivity index (χ0v) is 12.1. The normalized spacial score (nSPS) is 16.8. The van der Waals surface area contributed by atoms with Gasteiger partial charge in [0.25, 0.3) is 0 Å². The van der Waals surface area contributed by atoms with Crippen molar-refractivity contribution in [1.82, 2.24) is 0 Å². The molecule has 0 spiro atoms. The molecule has 0 aromatic heterocycles. The molecule has 1 fully saturated rings. The van der Waals surface area contributed by atoms with Gasteiger partial charge in [-0.3, -0.25) is 0 Å². The summed E-state index contributed by atoms with van der Waals surface area (Å²) in [4.78, 5) is 12.8.